The molecular formula is C20H29NO3. The Morgan fingerprint density at radius 1 is 1.29 bits per heavy atom. The number of esters is 1. The molecular weight excluding hydrogens is 302 g/mol. The van der Waals surface area contributed by atoms with Crippen molar-refractivity contribution in [1.29, 1.82) is 0 Å². The summed E-state index contributed by atoms with van der Waals surface area (Å²) in [6, 6.07) is 5.98. The summed E-state index contributed by atoms with van der Waals surface area (Å²) in [4.78, 5) is 15.3. The Morgan fingerprint density at radius 2 is 1.96 bits per heavy atom. The zero-order valence-electron chi connectivity index (χ0n) is 15.8. The summed E-state index contributed by atoms with van der Waals surface area (Å²) in [6.07, 6.45) is 0. The summed E-state index contributed by atoms with van der Waals surface area (Å²) >= 11 is 0. The average molecular weight is 331 g/mol. The summed E-state index contributed by atoms with van der Waals surface area (Å²) < 4.78 is 11.4. The van der Waals surface area contributed by atoms with E-state index in [1.165, 1.54) is 0 Å². The summed E-state index contributed by atoms with van der Waals surface area (Å²) in [5.74, 6) is 1.25. The Labute approximate surface area is 145 Å². The van der Waals surface area contributed by atoms with Crippen molar-refractivity contribution in [3.8, 4) is 5.75 Å². The van der Waals surface area contributed by atoms with Gasteiger partial charge in [0.15, 0.2) is 0 Å². The van der Waals surface area contributed by atoms with Crippen molar-refractivity contribution in [3.05, 3.63) is 29.3 Å². The number of carbonyl (C=O) groups is 1. The zero-order chi connectivity index (χ0) is 17.9. The average Bonchev–Trinajstić information content (AvgIpc) is 2.42. The minimum Gasteiger partial charge on any atom is -0.496 e. The van der Waals surface area contributed by atoms with Gasteiger partial charge in [0.2, 0.25) is 0 Å². The van der Waals surface area contributed by atoms with Crippen LogP contribution in [-0.4, -0.2) is 36.2 Å². The van der Waals surface area contributed by atoms with Crippen LogP contribution in [0.2, 0.25) is 0 Å². The number of ether oxygens (including phenoxy) is 2. The highest BCUT2D eigenvalue weighted by atomic mass is 16.6. The molecule has 1 aromatic rings. The summed E-state index contributed by atoms with van der Waals surface area (Å²) in [5.41, 5.74) is 1.61. The predicted octanol–water partition coefficient (Wildman–Crippen LogP) is 3.69. The molecule has 1 aromatic carbocycles. The number of benzene rings is 1. The van der Waals surface area contributed by atoms with Crippen LogP contribution in [0.1, 0.15) is 58.7 Å². The maximum atomic E-state index is 13.0. The van der Waals surface area contributed by atoms with Gasteiger partial charge in [-0.2, -0.15) is 0 Å². The SMILES string of the molecule is COc1cccc2c1C(C)(C)C1C(C)CN1C2C(=O)OC(C)(C)C. The third kappa shape index (κ3) is 2.52. The van der Waals surface area contributed by atoms with E-state index in [1.54, 1.807) is 7.11 Å². The van der Waals surface area contributed by atoms with E-state index in [0.29, 0.717) is 12.0 Å². The van der Waals surface area contributed by atoms with Gasteiger partial charge in [-0.1, -0.05) is 32.9 Å². The molecule has 0 spiro atoms. The zero-order valence-corrected chi connectivity index (χ0v) is 15.8. The van der Waals surface area contributed by atoms with E-state index >= 15 is 0 Å². The molecule has 132 valence electrons. The molecule has 0 radical (unpaired) electrons. The molecule has 24 heavy (non-hydrogen) atoms. The molecule has 0 aromatic heterocycles. The molecule has 2 aliphatic rings. The smallest absolute Gasteiger partial charge is 0.328 e. The second kappa shape index (κ2) is 5.48. The minimum absolute atomic E-state index is 0.0713. The molecule has 3 atom stereocenters. The molecule has 0 bridgehead atoms. The number of carbonyl (C=O) groups excluding carboxylic acids is 1. The predicted molar refractivity (Wildman–Crippen MR) is 94.3 cm³/mol. The van der Waals surface area contributed by atoms with E-state index in [-0.39, 0.29) is 17.4 Å². The Bertz CT molecular complexity index is 659. The van der Waals surface area contributed by atoms with E-state index in [0.717, 1.165) is 23.4 Å². The van der Waals surface area contributed by atoms with Crippen molar-refractivity contribution in [3.63, 3.8) is 0 Å². The summed E-state index contributed by atoms with van der Waals surface area (Å²) in [5, 5.41) is 0. The highest BCUT2D eigenvalue weighted by molar-refractivity contribution is 5.80. The Kier molecular flexibility index (Phi) is 3.95. The number of methoxy groups -OCH3 is 1. The van der Waals surface area contributed by atoms with Crippen LogP contribution in [0.15, 0.2) is 18.2 Å². The lowest BCUT2D eigenvalue weighted by Crippen LogP contribution is -2.67. The number of rotatable bonds is 2. The molecule has 0 N–H and O–H groups in total. The standard InChI is InChI=1S/C20H29NO3/c1-12-11-21-16(18(22)24-19(2,3)4)13-9-8-10-14(23-7)15(13)20(5,6)17(12)21/h8-10,12,16-17H,11H2,1-7H3. The van der Waals surface area contributed by atoms with Gasteiger partial charge in [0.1, 0.15) is 17.4 Å². The molecule has 3 rings (SSSR count). The van der Waals surface area contributed by atoms with Crippen molar-refractivity contribution < 1.29 is 14.3 Å². The van der Waals surface area contributed by atoms with Crippen LogP contribution in [0.3, 0.4) is 0 Å². The Hall–Kier alpha value is -1.55. The van der Waals surface area contributed by atoms with E-state index in [1.807, 2.05) is 39.0 Å². The molecule has 0 amide bonds. The lowest BCUT2D eigenvalue weighted by atomic mass is 9.62. The fourth-order valence-electron chi connectivity index (χ4n) is 4.71. The number of nitrogens with zero attached hydrogens (tertiary/aromatic N) is 1. The summed E-state index contributed by atoms with van der Waals surface area (Å²) in [6.45, 7) is 13.4. The quantitative estimate of drug-likeness (QED) is 0.775. The van der Waals surface area contributed by atoms with Gasteiger partial charge in [0, 0.05) is 23.6 Å². The van der Waals surface area contributed by atoms with Crippen LogP contribution in [-0.2, 0) is 14.9 Å². The van der Waals surface area contributed by atoms with Crippen molar-refractivity contribution >= 4 is 5.97 Å². The highest BCUT2D eigenvalue weighted by Crippen LogP contribution is 2.54. The van der Waals surface area contributed by atoms with E-state index in [2.05, 4.69) is 25.7 Å². The fourth-order valence-corrected chi connectivity index (χ4v) is 4.71. The second-order valence-electron chi connectivity index (χ2n) is 8.70. The lowest BCUT2D eigenvalue weighted by Gasteiger charge is -2.60. The molecule has 2 heterocycles. The van der Waals surface area contributed by atoms with Crippen molar-refractivity contribution in [2.45, 2.75) is 64.6 Å². The molecule has 3 unspecified atom stereocenters. The van der Waals surface area contributed by atoms with Gasteiger partial charge in [0.05, 0.1) is 7.11 Å². The monoisotopic (exact) mass is 331 g/mol. The number of fused-ring (bicyclic) bond motifs is 2. The third-order valence-electron chi connectivity index (χ3n) is 5.31. The van der Waals surface area contributed by atoms with Crippen LogP contribution in [0.25, 0.3) is 0 Å². The fraction of sp³-hybridized carbons (Fsp3) is 0.650. The van der Waals surface area contributed by atoms with Crippen molar-refractivity contribution in [2.24, 2.45) is 5.92 Å². The van der Waals surface area contributed by atoms with Crippen molar-refractivity contribution in [2.75, 3.05) is 13.7 Å². The highest BCUT2D eigenvalue weighted by Gasteiger charge is 2.57. The van der Waals surface area contributed by atoms with Gasteiger partial charge in [-0.05, 0) is 38.3 Å². The van der Waals surface area contributed by atoms with Crippen LogP contribution >= 0.6 is 0 Å². The van der Waals surface area contributed by atoms with Gasteiger partial charge in [-0.15, -0.1) is 0 Å². The molecule has 4 heteroatoms. The van der Waals surface area contributed by atoms with Crippen LogP contribution < -0.4 is 4.74 Å². The first-order valence-electron chi connectivity index (χ1n) is 8.74. The molecule has 0 aliphatic carbocycles. The molecule has 1 saturated heterocycles. The summed E-state index contributed by atoms with van der Waals surface area (Å²) in [7, 11) is 1.70. The largest absolute Gasteiger partial charge is 0.496 e. The maximum Gasteiger partial charge on any atom is 0.328 e. The van der Waals surface area contributed by atoms with Crippen LogP contribution in [0, 0.1) is 5.92 Å². The van der Waals surface area contributed by atoms with E-state index < -0.39 is 5.60 Å². The van der Waals surface area contributed by atoms with E-state index in [4.69, 9.17) is 9.47 Å². The topological polar surface area (TPSA) is 38.8 Å². The third-order valence-corrected chi connectivity index (χ3v) is 5.31. The first kappa shape index (κ1) is 17.3. The molecule has 2 aliphatic heterocycles. The normalized spacial score (nSPS) is 28.4. The van der Waals surface area contributed by atoms with Gasteiger partial charge < -0.3 is 9.47 Å². The first-order valence-corrected chi connectivity index (χ1v) is 8.74. The molecule has 1 fully saturated rings. The maximum absolute atomic E-state index is 13.0. The number of hydrogen-bond acceptors (Lipinski definition) is 4. The van der Waals surface area contributed by atoms with E-state index in [9.17, 15) is 4.79 Å². The first-order chi connectivity index (χ1) is 11.1. The van der Waals surface area contributed by atoms with Crippen LogP contribution in [0.5, 0.6) is 5.75 Å². The Morgan fingerprint density at radius 3 is 2.50 bits per heavy atom. The van der Waals surface area contributed by atoms with Gasteiger partial charge in [-0.3, -0.25) is 4.90 Å². The van der Waals surface area contributed by atoms with Gasteiger partial charge in [-0.25, -0.2) is 4.79 Å². The second-order valence-corrected chi connectivity index (χ2v) is 8.70. The van der Waals surface area contributed by atoms with Gasteiger partial charge in [0.25, 0.3) is 0 Å². The van der Waals surface area contributed by atoms with Gasteiger partial charge >= 0.3 is 5.97 Å². The minimum atomic E-state index is -0.491. The Balaban J connectivity index is 2.13. The van der Waals surface area contributed by atoms with Crippen molar-refractivity contribution in [1.82, 2.24) is 4.90 Å². The lowest BCUT2D eigenvalue weighted by molar-refractivity contribution is -0.172. The number of hydrogen-bond donors (Lipinski definition) is 0. The molecule has 0 saturated carbocycles. The molecule has 4 nitrogen and oxygen atoms in total. The van der Waals surface area contributed by atoms with Crippen LogP contribution in [0.4, 0.5) is 0 Å².